The first-order chi connectivity index (χ1) is 12.3. The summed E-state index contributed by atoms with van der Waals surface area (Å²) in [5, 5.41) is 4.53. The molecule has 0 amide bonds. The van der Waals surface area contributed by atoms with Gasteiger partial charge in [0.25, 0.3) is 0 Å². The van der Waals surface area contributed by atoms with Crippen molar-refractivity contribution in [3.8, 4) is 0 Å². The van der Waals surface area contributed by atoms with Crippen molar-refractivity contribution >= 4 is 28.6 Å². The quantitative estimate of drug-likeness (QED) is 0.729. The molecule has 0 atom stereocenters. The molecule has 1 aliphatic heterocycles. The molecule has 3 aromatic rings. The van der Waals surface area contributed by atoms with Gasteiger partial charge in [0.15, 0.2) is 0 Å². The van der Waals surface area contributed by atoms with Gasteiger partial charge in [-0.25, -0.2) is 9.97 Å². The first-order valence-electron chi connectivity index (χ1n) is 8.86. The average molecular weight is 333 g/mol. The lowest BCUT2D eigenvalue weighted by atomic mass is 10.1. The number of piperidine rings is 1. The molecule has 1 aromatic carbocycles. The van der Waals surface area contributed by atoms with Crippen LogP contribution in [0.3, 0.4) is 0 Å². The SMILES string of the molecule is C=Cc1cccc(Nc2ncnc3[nH]cc(CN4CCCCC4)c23)c1. The maximum absolute atomic E-state index is 4.50. The van der Waals surface area contributed by atoms with Gasteiger partial charge >= 0.3 is 0 Å². The van der Waals surface area contributed by atoms with E-state index in [0.717, 1.165) is 34.6 Å². The third kappa shape index (κ3) is 3.42. The molecule has 5 nitrogen and oxygen atoms in total. The Hall–Kier alpha value is -2.66. The Morgan fingerprint density at radius 1 is 1.20 bits per heavy atom. The van der Waals surface area contributed by atoms with Crippen LogP contribution in [0.15, 0.2) is 43.4 Å². The van der Waals surface area contributed by atoms with Crippen molar-refractivity contribution in [1.82, 2.24) is 19.9 Å². The summed E-state index contributed by atoms with van der Waals surface area (Å²) in [5.74, 6) is 0.847. The first-order valence-corrected chi connectivity index (χ1v) is 8.86. The average Bonchev–Trinajstić information content (AvgIpc) is 3.07. The Labute approximate surface area is 147 Å². The number of aromatic amines is 1. The molecule has 25 heavy (non-hydrogen) atoms. The number of likely N-dealkylation sites (tertiary alicyclic amines) is 1. The minimum absolute atomic E-state index is 0.847. The van der Waals surface area contributed by atoms with Crippen molar-refractivity contribution in [3.63, 3.8) is 0 Å². The maximum atomic E-state index is 4.50. The lowest BCUT2D eigenvalue weighted by Crippen LogP contribution is -2.29. The van der Waals surface area contributed by atoms with Gasteiger partial charge in [0.2, 0.25) is 0 Å². The van der Waals surface area contributed by atoms with Crippen LogP contribution in [-0.2, 0) is 6.54 Å². The predicted molar refractivity (Wildman–Crippen MR) is 103 cm³/mol. The molecule has 0 bridgehead atoms. The second-order valence-electron chi connectivity index (χ2n) is 6.55. The number of anilines is 2. The van der Waals surface area contributed by atoms with Crippen molar-refractivity contribution in [3.05, 3.63) is 54.5 Å². The third-order valence-electron chi connectivity index (χ3n) is 4.78. The lowest BCUT2D eigenvalue weighted by Gasteiger charge is -2.26. The number of hydrogen-bond acceptors (Lipinski definition) is 4. The van der Waals surface area contributed by atoms with E-state index in [2.05, 4.69) is 44.0 Å². The van der Waals surface area contributed by atoms with Crippen LogP contribution < -0.4 is 5.32 Å². The van der Waals surface area contributed by atoms with E-state index in [9.17, 15) is 0 Å². The molecular weight excluding hydrogens is 310 g/mol. The molecule has 128 valence electrons. The second kappa shape index (κ2) is 7.07. The Kier molecular flexibility index (Phi) is 4.48. The zero-order valence-corrected chi connectivity index (χ0v) is 14.3. The fourth-order valence-electron chi connectivity index (χ4n) is 3.48. The van der Waals surface area contributed by atoms with E-state index in [1.807, 2.05) is 24.3 Å². The largest absolute Gasteiger partial charge is 0.346 e. The van der Waals surface area contributed by atoms with Crippen LogP contribution >= 0.6 is 0 Å². The number of rotatable bonds is 5. The Balaban J connectivity index is 1.65. The summed E-state index contributed by atoms with van der Waals surface area (Å²) in [6, 6.07) is 8.16. The summed E-state index contributed by atoms with van der Waals surface area (Å²) >= 11 is 0. The minimum Gasteiger partial charge on any atom is -0.346 e. The van der Waals surface area contributed by atoms with Gasteiger partial charge in [-0.05, 0) is 49.2 Å². The topological polar surface area (TPSA) is 56.8 Å². The van der Waals surface area contributed by atoms with Crippen LogP contribution in [0.4, 0.5) is 11.5 Å². The van der Waals surface area contributed by atoms with Crippen molar-refractivity contribution in [2.45, 2.75) is 25.8 Å². The van der Waals surface area contributed by atoms with Crippen LogP contribution in [0, 0.1) is 0 Å². The van der Waals surface area contributed by atoms with Crippen LogP contribution in [0.5, 0.6) is 0 Å². The van der Waals surface area contributed by atoms with Gasteiger partial charge in [-0.2, -0.15) is 0 Å². The van der Waals surface area contributed by atoms with Crippen LogP contribution in [-0.4, -0.2) is 32.9 Å². The minimum atomic E-state index is 0.847. The van der Waals surface area contributed by atoms with Crippen LogP contribution in [0.25, 0.3) is 17.1 Å². The summed E-state index contributed by atoms with van der Waals surface area (Å²) < 4.78 is 0. The Morgan fingerprint density at radius 2 is 2.08 bits per heavy atom. The lowest BCUT2D eigenvalue weighted by molar-refractivity contribution is 0.221. The molecule has 0 unspecified atom stereocenters. The van der Waals surface area contributed by atoms with Gasteiger partial charge in [-0.1, -0.05) is 31.2 Å². The molecular formula is C20H23N5. The van der Waals surface area contributed by atoms with E-state index in [1.54, 1.807) is 6.33 Å². The van der Waals surface area contributed by atoms with E-state index in [1.165, 1.54) is 37.9 Å². The van der Waals surface area contributed by atoms with Crippen molar-refractivity contribution in [1.29, 1.82) is 0 Å². The number of nitrogens with zero attached hydrogens (tertiary/aromatic N) is 3. The Bertz CT molecular complexity index is 877. The molecule has 5 heteroatoms. The van der Waals surface area contributed by atoms with E-state index in [-0.39, 0.29) is 0 Å². The number of H-pyrrole nitrogens is 1. The monoisotopic (exact) mass is 333 g/mol. The van der Waals surface area contributed by atoms with Gasteiger partial charge in [0, 0.05) is 18.4 Å². The number of hydrogen-bond donors (Lipinski definition) is 2. The molecule has 2 N–H and O–H groups in total. The van der Waals surface area contributed by atoms with E-state index >= 15 is 0 Å². The number of nitrogens with one attached hydrogen (secondary N) is 2. The highest BCUT2D eigenvalue weighted by Crippen LogP contribution is 2.28. The number of benzene rings is 1. The normalized spacial score (nSPS) is 15.4. The van der Waals surface area contributed by atoms with Gasteiger partial charge in [-0.3, -0.25) is 4.90 Å². The molecule has 1 fully saturated rings. The molecule has 2 aromatic heterocycles. The van der Waals surface area contributed by atoms with E-state index in [0.29, 0.717) is 0 Å². The number of fused-ring (bicyclic) bond motifs is 1. The summed E-state index contributed by atoms with van der Waals surface area (Å²) in [6.45, 7) is 7.12. The molecule has 0 aliphatic carbocycles. The fraction of sp³-hybridized carbons (Fsp3) is 0.300. The zero-order valence-electron chi connectivity index (χ0n) is 14.3. The summed E-state index contributed by atoms with van der Waals surface area (Å²) in [4.78, 5) is 14.7. The maximum Gasteiger partial charge on any atom is 0.143 e. The van der Waals surface area contributed by atoms with E-state index < -0.39 is 0 Å². The third-order valence-corrected chi connectivity index (χ3v) is 4.78. The number of aromatic nitrogens is 3. The Morgan fingerprint density at radius 3 is 2.92 bits per heavy atom. The highest BCUT2D eigenvalue weighted by atomic mass is 15.1. The van der Waals surface area contributed by atoms with Gasteiger partial charge in [0.1, 0.15) is 17.8 Å². The molecule has 0 radical (unpaired) electrons. The predicted octanol–water partition coefficient (Wildman–Crippen LogP) is 4.33. The highest BCUT2D eigenvalue weighted by molar-refractivity contribution is 5.92. The van der Waals surface area contributed by atoms with Gasteiger partial charge in [-0.15, -0.1) is 0 Å². The highest BCUT2D eigenvalue weighted by Gasteiger charge is 2.16. The molecule has 0 saturated carbocycles. The first kappa shape index (κ1) is 15.8. The summed E-state index contributed by atoms with van der Waals surface area (Å²) in [7, 11) is 0. The second-order valence-corrected chi connectivity index (χ2v) is 6.55. The van der Waals surface area contributed by atoms with Crippen LogP contribution in [0.2, 0.25) is 0 Å². The van der Waals surface area contributed by atoms with Gasteiger partial charge in [0.05, 0.1) is 5.39 Å². The van der Waals surface area contributed by atoms with Gasteiger partial charge < -0.3 is 10.3 Å². The molecule has 0 spiro atoms. The molecule has 1 saturated heterocycles. The van der Waals surface area contributed by atoms with E-state index in [4.69, 9.17) is 0 Å². The zero-order chi connectivity index (χ0) is 17.1. The standard InChI is InChI=1S/C20H23N5/c1-2-15-7-6-8-17(11-15)24-20-18-16(12-21-19(18)22-14-23-20)13-25-9-4-3-5-10-25/h2,6-8,11-12,14H,1,3-5,9-10,13H2,(H2,21,22,23,24). The van der Waals surface area contributed by atoms with Crippen molar-refractivity contribution in [2.75, 3.05) is 18.4 Å². The van der Waals surface area contributed by atoms with Crippen molar-refractivity contribution in [2.24, 2.45) is 0 Å². The molecule has 1 aliphatic rings. The summed E-state index contributed by atoms with van der Waals surface area (Å²) in [6.07, 6.45) is 9.44. The smallest absolute Gasteiger partial charge is 0.143 e. The molecule has 4 rings (SSSR count). The van der Waals surface area contributed by atoms with Crippen molar-refractivity contribution < 1.29 is 0 Å². The summed E-state index contributed by atoms with van der Waals surface area (Å²) in [5.41, 5.74) is 4.21. The fourth-order valence-corrected chi connectivity index (χ4v) is 3.48. The van der Waals surface area contributed by atoms with Crippen LogP contribution in [0.1, 0.15) is 30.4 Å². The molecule has 3 heterocycles.